The molecule has 2 saturated heterocycles. The summed E-state index contributed by atoms with van der Waals surface area (Å²) in [4.78, 5) is 29.4. The fourth-order valence-electron chi connectivity index (χ4n) is 4.75. The Labute approximate surface area is 216 Å². The van der Waals surface area contributed by atoms with Crippen molar-refractivity contribution in [2.45, 2.75) is 6.04 Å². The number of quaternary nitrogens is 1. The van der Waals surface area contributed by atoms with Crippen molar-refractivity contribution in [1.29, 1.82) is 0 Å². The highest BCUT2D eigenvalue weighted by Gasteiger charge is 2.46. The van der Waals surface area contributed by atoms with Gasteiger partial charge in [0.1, 0.15) is 25.4 Å². The van der Waals surface area contributed by atoms with Gasteiger partial charge in [0.25, 0.3) is 5.91 Å². The number of para-hydroxylation sites is 1. The molecule has 2 aliphatic rings. The highest BCUT2D eigenvalue weighted by atomic mass is 16.5. The number of nitrogens with one attached hydrogen (secondary N) is 1. The molecule has 1 N–H and O–H groups in total. The van der Waals surface area contributed by atoms with Crippen LogP contribution in [-0.2, 0) is 14.3 Å². The number of morpholine rings is 1. The lowest BCUT2D eigenvalue weighted by Crippen LogP contribution is -3.14. The number of amides is 1. The zero-order chi connectivity index (χ0) is 26.4. The van der Waals surface area contributed by atoms with Crippen LogP contribution in [0.3, 0.4) is 0 Å². The molecular weight excluding hydrogens is 476 g/mol. The quantitative estimate of drug-likeness (QED) is 0.215. The highest BCUT2D eigenvalue weighted by Crippen LogP contribution is 2.44. The molecule has 0 aliphatic carbocycles. The van der Waals surface area contributed by atoms with E-state index in [1.807, 2.05) is 0 Å². The Bertz CT molecular complexity index is 1170. The van der Waals surface area contributed by atoms with Gasteiger partial charge in [0, 0.05) is 11.1 Å². The molecule has 1 atom stereocenters. The summed E-state index contributed by atoms with van der Waals surface area (Å²) in [5.41, 5.74) is 0.704. The van der Waals surface area contributed by atoms with Crippen LogP contribution in [0.15, 0.2) is 60.7 Å². The van der Waals surface area contributed by atoms with Crippen LogP contribution in [0, 0.1) is 0 Å². The van der Waals surface area contributed by atoms with E-state index >= 15 is 0 Å². The summed E-state index contributed by atoms with van der Waals surface area (Å²) in [7, 11) is 3.00. The molecular formula is C28H32N2O7. The number of carbonyl (C=O) groups is 2. The van der Waals surface area contributed by atoms with Gasteiger partial charge in [-0.1, -0.05) is 42.7 Å². The second kappa shape index (κ2) is 11.9. The molecule has 1 amide bonds. The Kier molecular flexibility index (Phi) is 8.47. The van der Waals surface area contributed by atoms with Crippen molar-refractivity contribution >= 4 is 17.4 Å². The third-order valence-electron chi connectivity index (χ3n) is 6.65. The van der Waals surface area contributed by atoms with E-state index in [4.69, 9.17) is 18.9 Å². The topological polar surface area (TPSA) is 102 Å². The number of methoxy groups -OCH3 is 2. The molecule has 0 aromatic heterocycles. The minimum absolute atomic E-state index is 0.103. The van der Waals surface area contributed by atoms with Crippen LogP contribution in [0.2, 0.25) is 0 Å². The fraction of sp³-hybridized carbons (Fsp3) is 0.357. The van der Waals surface area contributed by atoms with Gasteiger partial charge in [0.2, 0.25) is 5.78 Å². The number of rotatable bonds is 10. The lowest BCUT2D eigenvalue weighted by atomic mass is 9.94. The monoisotopic (exact) mass is 508 g/mol. The van der Waals surface area contributed by atoms with Crippen molar-refractivity contribution < 1.29 is 38.5 Å². The van der Waals surface area contributed by atoms with Crippen molar-refractivity contribution in [2.24, 2.45) is 0 Å². The first-order valence-corrected chi connectivity index (χ1v) is 12.2. The predicted molar refractivity (Wildman–Crippen MR) is 134 cm³/mol. The average molecular weight is 509 g/mol. The lowest BCUT2D eigenvalue weighted by Gasteiger charge is -2.31. The molecule has 2 heterocycles. The molecule has 4 rings (SSSR count). The first-order chi connectivity index (χ1) is 18.0. The number of hydrogen-bond donors (Lipinski definition) is 1. The van der Waals surface area contributed by atoms with Gasteiger partial charge in [0.05, 0.1) is 46.6 Å². The number of ether oxygens (including phenoxy) is 4. The maximum Gasteiger partial charge on any atom is 0.295 e. The molecule has 9 heteroatoms. The van der Waals surface area contributed by atoms with Crippen molar-refractivity contribution in [3.8, 4) is 17.2 Å². The number of ketones is 1. The second-order valence-electron chi connectivity index (χ2n) is 8.79. The lowest BCUT2D eigenvalue weighted by molar-refractivity contribution is -0.907. The molecule has 1 unspecified atom stereocenters. The molecule has 2 aliphatic heterocycles. The van der Waals surface area contributed by atoms with E-state index in [1.54, 1.807) is 48.5 Å². The SMILES string of the molecule is C=CCOc1ccc(C([O-])=C2C(=O)C(=O)N(CC[NH+]3CCOCC3)C2c2cccc(OC)c2OC)cc1. The summed E-state index contributed by atoms with van der Waals surface area (Å²) in [5.74, 6) is -0.623. The Balaban J connectivity index is 1.77. The number of Topliss-reactive ketones (excluding diaryl/α,β-unsaturated/α-hetero) is 1. The van der Waals surface area contributed by atoms with Crippen LogP contribution in [0.5, 0.6) is 17.2 Å². The fourth-order valence-corrected chi connectivity index (χ4v) is 4.75. The molecule has 0 radical (unpaired) electrons. The summed E-state index contributed by atoms with van der Waals surface area (Å²) >= 11 is 0. The van der Waals surface area contributed by atoms with E-state index in [0.29, 0.717) is 55.7 Å². The smallest absolute Gasteiger partial charge is 0.295 e. The number of benzene rings is 2. The Hall–Kier alpha value is -3.82. The van der Waals surface area contributed by atoms with E-state index in [9.17, 15) is 14.7 Å². The minimum atomic E-state index is -0.908. The maximum absolute atomic E-state index is 13.7. The van der Waals surface area contributed by atoms with Gasteiger partial charge in [-0.15, -0.1) is 0 Å². The summed E-state index contributed by atoms with van der Waals surface area (Å²) in [6.45, 7) is 7.82. The van der Waals surface area contributed by atoms with Crippen LogP contribution in [0.4, 0.5) is 0 Å². The standard InChI is InChI=1S/C28H32N2O7/c1-4-16-37-20-10-8-19(9-11-20)25(31)23-24(21-6-5-7-22(34-2)27(21)35-3)30(28(33)26(23)32)13-12-29-14-17-36-18-15-29/h4-11,24,31H,1,12-18H2,2-3H3. The summed E-state index contributed by atoms with van der Waals surface area (Å²) in [6, 6.07) is 10.8. The second-order valence-corrected chi connectivity index (χ2v) is 8.79. The molecule has 37 heavy (non-hydrogen) atoms. The number of likely N-dealkylation sites (tertiary alicyclic amines) is 1. The summed E-state index contributed by atoms with van der Waals surface area (Å²) < 4.78 is 22.0. The van der Waals surface area contributed by atoms with E-state index in [0.717, 1.165) is 13.1 Å². The molecule has 0 bridgehead atoms. The van der Waals surface area contributed by atoms with Crippen LogP contribution in [0.1, 0.15) is 17.2 Å². The van der Waals surface area contributed by atoms with E-state index in [-0.39, 0.29) is 11.1 Å². The predicted octanol–water partition coefficient (Wildman–Crippen LogP) is 0.408. The van der Waals surface area contributed by atoms with Crippen LogP contribution >= 0.6 is 0 Å². The summed E-state index contributed by atoms with van der Waals surface area (Å²) in [6.07, 6.45) is 1.62. The van der Waals surface area contributed by atoms with Crippen LogP contribution < -0.4 is 24.2 Å². The van der Waals surface area contributed by atoms with Crippen LogP contribution in [0.25, 0.3) is 5.76 Å². The minimum Gasteiger partial charge on any atom is -0.872 e. The maximum atomic E-state index is 13.7. The van der Waals surface area contributed by atoms with Gasteiger partial charge < -0.3 is 33.9 Å². The molecule has 9 nitrogen and oxygen atoms in total. The molecule has 0 spiro atoms. The number of hydrogen-bond acceptors (Lipinski definition) is 7. The third-order valence-corrected chi connectivity index (χ3v) is 6.65. The van der Waals surface area contributed by atoms with Crippen molar-refractivity contribution in [2.75, 3.05) is 60.2 Å². The largest absolute Gasteiger partial charge is 0.872 e. The van der Waals surface area contributed by atoms with E-state index in [2.05, 4.69) is 6.58 Å². The van der Waals surface area contributed by atoms with Crippen molar-refractivity contribution in [1.82, 2.24) is 4.90 Å². The summed E-state index contributed by atoms with van der Waals surface area (Å²) in [5, 5.41) is 13.7. The van der Waals surface area contributed by atoms with Gasteiger partial charge >= 0.3 is 0 Å². The van der Waals surface area contributed by atoms with Crippen LogP contribution in [-0.4, -0.2) is 76.8 Å². The number of nitrogens with zero attached hydrogens (tertiary/aromatic N) is 1. The van der Waals surface area contributed by atoms with Gasteiger partial charge in [-0.3, -0.25) is 9.59 Å². The van der Waals surface area contributed by atoms with Gasteiger partial charge in [-0.25, -0.2) is 0 Å². The molecule has 0 saturated carbocycles. The zero-order valence-electron chi connectivity index (χ0n) is 21.2. The molecule has 2 aromatic carbocycles. The Morgan fingerprint density at radius 3 is 2.51 bits per heavy atom. The normalized spacial score (nSPS) is 19.6. The van der Waals surface area contributed by atoms with E-state index < -0.39 is 23.5 Å². The first kappa shape index (κ1) is 26.2. The Morgan fingerprint density at radius 1 is 1.14 bits per heavy atom. The van der Waals surface area contributed by atoms with Gasteiger partial charge in [0.15, 0.2) is 11.5 Å². The van der Waals surface area contributed by atoms with Crippen molar-refractivity contribution in [3.63, 3.8) is 0 Å². The molecule has 2 fully saturated rings. The molecule has 196 valence electrons. The zero-order valence-corrected chi connectivity index (χ0v) is 21.2. The average Bonchev–Trinajstić information content (AvgIpc) is 3.19. The highest BCUT2D eigenvalue weighted by molar-refractivity contribution is 6.46. The molecule has 2 aromatic rings. The van der Waals surface area contributed by atoms with Crippen molar-refractivity contribution in [3.05, 3.63) is 71.8 Å². The Morgan fingerprint density at radius 2 is 1.86 bits per heavy atom. The third kappa shape index (κ3) is 5.47. The van der Waals surface area contributed by atoms with E-state index in [1.165, 1.54) is 24.0 Å². The van der Waals surface area contributed by atoms with Gasteiger partial charge in [-0.2, -0.15) is 0 Å². The number of carbonyl (C=O) groups excluding carboxylic acids is 2. The van der Waals surface area contributed by atoms with Gasteiger partial charge in [-0.05, 0) is 23.8 Å². The first-order valence-electron chi connectivity index (χ1n) is 12.2.